The minimum absolute atomic E-state index is 0.743. The standard InChI is InChI=1S/C10H11N3/c1-9-3-4-10(11-7-9)8-13-6-2-5-12-13/h2-7H,8H2,1H3. The van der Waals surface area contributed by atoms with Gasteiger partial charge in [-0.15, -0.1) is 0 Å². The van der Waals surface area contributed by atoms with Crippen molar-refractivity contribution in [2.45, 2.75) is 13.5 Å². The highest BCUT2D eigenvalue weighted by molar-refractivity contribution is 5.12. The highest BCUT2D eigenvalue weighted by atomic mass is 15.3. The van der Waals surface area contributed by atoms with Crippen molar-refractivity contribution in [3.63, 3.8) is 0 Å². The Balaban J connectivity index is 2.15. The molecule has 2 aromatic rings. The van der Waals surface area contributed by atoms with E-state index in [2.05, 4.69) is 16.1 Å². The maximum atomic E-state index is 4.29. The molecule has 0 amide bonds. The number of nitrogens with zero attached hydrogens (tertiary/aromatic N) is 3. The minimum atomic E-state index is 0.743. The fraction of sp³-hybridized carbons (Fsp3) is 0.200. The van der Waals surface area contributed by atoms with Crippen molar-refractivity contribution < 1.29 is 0 Å². The van der Waals surface area contributed by atoms with E-state index in [1.165, 1.54) is 5.56 Å². The molecule has 0 aliphatic heterocycles. The second-order valence-electron chi connectivity index (χ2n) is 3.03. The van der Waals surface area contributed by atoms with Gasteiger partial charge in [0.1, 0.15) is 0 Å². The Kier molecular flexibility index (Phi) is 2.08. The van der Waals surface area contributed by atoms with Gasteiger partial charge in [0.25, 0.3) is 0 Å². The summed E-state index contributed by atoms with van der Waals surface area (Å²) in [5.74, 6) is 0. The van der Waals surface area contributed by atoms with Crippen LogP contribution in [0, 0.1) is 6.92 Å². The molecule has 2 heterocycles. The summed E-state index contributed by atoms with van der Waals surface area (Å²) in [6, 6.07) is 6.00. The summed E-state index contributed by atoms with van der Waals surface area (Å²) < 4.78 is 1.86. The van der Waals surface area contributed by atoms with E-state index in [0.717, 1.165) is 12.2 Å². The zero-order valence-electron chi connectivity index (χ0n) is 7.51. The molecule has 0 radical (unpaired) electrons. The van der Waals surface area contributed by atoms with E-state index >= 15 is 0 Å². The fourth-order valence-corrected chi connectivity index (χ4v) is 1.15. The number of pyridine rings is 1. The molecule has 0 bridgehead atoms. The van der Waals surface area contributed by atoms with Crippen LogP contribution in [0.4, 0.5) is 0 Å². The summed E-state index contributed by atoms with van der Waals surface area (Å²) in [4.78, 5) is 4.29. The van der Waals surface area contributed by atoms with Gasteiger partial charge in [-0.3, -0.25) is 9.67 Å². The minimum Gasteiger partial charge on any atom is -0.267 e. The average molecular weight is 173 g/mol. The van der Waals surface area contributed by atoms with Gasteiger partial charge in [-0.25, -0.2) is 0 Å². The summed E-state index contributed by atoms with van der Waals surface area (Å²) in [6.07, 6.45) is 5.58. The van der Waals surface area contributed by atoms with Gasteiger partial charge in [-0.05, 0) is 24.6 Å². The molecule has 13 heavy (non-hydrogen) atoms. The van der Waals surface area contributed by atoms with Crippen LogP contribution in [0.5, 0.6) is 0 Å². The normalized spacial score (nSPS) is 10.2. The monoisotopic (exact) mass is 173 g/mol. The van der Waals surface area contributed by atoms with E-state index in [9.17, 15) is 0 Å². The van der Waals surface area contributed by atoms with Crippen molar-refractivity contribution in [2.75, 3.05) is 0 Å². The molecular formula is C10H11N3. The van der Waals surface area contributed by atoms with E-state index in [4.69, 9.17) is 0 Å². The second kappa shape index (κ2) is 3.39. The Bertz CT molecular complexity index is 362. The summed E-state index contributed by atoms with van der Waals surface area (Å²) in [6.45, 7) is 2.78. The third-order valence-corrected chi connectivity index (χ3v) is 1.86. The largest absolute Gasteiger partial charge is 0.267 e. The molecule has 2 aromatic heterocycles. The van der Waals surface area contributed by atoms with Crippen molar-refractivity contribution in [3.8, 4) is 0 Å². The van der Waals surface area contributed by atoms with Crippen LogP contribution in [-0.4, -0.2) is 14.8 Å². The lowest BCUT2D eigenvalue weighted by atomic mass is 10.3. The predicted octanol–water partition coefficient (Wildman–Crippen LogP) is 1.63. The molecular weight excluding hydrogens is 162 g/mol. The zero-order chi connectivity index (χ0) is 9.10. The van der Waals surface area contributed by atoms with E-state index in [-0.39, 0.29) is 0 Å². The highest BCUT2D eigenvalue weighted by Crippen LogP contribution is 2.00. The molecule has 0 spiro atoms. The van der Waals surface area contributed by atoms with Gasteiger partial charge in [0.2, 0.25) is 0 Å². The quantitative estimate of drug-likeness (QED) is 0.691. The lowest BCUT2D eigenvalue weighted by Crippen LogP contribution is -2.01. The molecule has 3 nitrogen and oxygen atoms in total. The molecule has 0 fully saturated rings. The van der Waals surface area contributed by atoms with Crippen molar-refractivity contribution in [1.82, 2.24) is 14.8 Å². The van der Waals surface area contributed by atoms with Crippen LogP contribution < -0.4 is 0 Å². The molecule has 66 valence electrons. The van der Waals surface area contributed by atoms with Gasteiger partial charge < -0.3 is 0 Å². The highest BCUT2D eigenvalue weighted by Gasteiger charge is 1.94. The SMILES string of the molecule is Cc1ccc(Cn2cccn2)nc1. The maximum Gasteiger partial charge on any atom is 0.0831 e. The van der Waals surface area contributed by atoms with Crippen LogP contribution in [0.25, 0.3) is 0 Å². The first-order valence-electron chi connectivity index (χ1n) is 4.23. The lowest BCUT2D eigenvalue weighted by molar-refractivity contribution is 0.672. The third-order valence-electron chi connectivity index (χ3n) is 1.86. The Morgan fingerprint density at radius 2 is 2.31 bits per heavy atom. The summed E-state index contributed by atoms with van der Waals surface area (Å²) in [5, 5.41) is 4.11. The van der Waals surface area contributed by atoms with Crippen molar-refractivity contribution in [1.29, 1.82) is 0 Å². The smallest absolute Gasteiger partial charge is 0.0831 e. The zero-order valence-corrected chi connectivity index (χ0v) is 7.51. The van der Waals surface area contributed by atoms with Gasteiger partial charge in [-0.1, -0.05) is 6.07 Å². The number of hydrogen-bond donors (Lipinski definition) is 0. The molecule has 2 rings (SSSR count). The fourth-order valence-electron chi connectivity index (χ4n) is 1.15. The predicted molar refractivity (Wildman–Crippen MR) is 50.3 cm³/mol. The third kappa shape index (κ3) is 1.93. The van der Waals surface area contributed by atoms with E-state index in [1.807, 2.05) is 36.1 Å². The molecule has 0 aliphatic carbocycles. The summed E-state index contributed by atoms with van der Waals surface area (Å²) in [7, 11) is 0. The molecule has 0 atom stereocenters. The average Bonchev–Trinajstić information content (AvgIpc) is 2.62. The maximum absolute atomic E-state index is 4.29. The Hall–Kier alpha value is -1.64. The summed E-state index contributed by atoms with van der Waals surface area (Å²) in [5.41, 5.74) is 2.22. The number of aryl methyl sites for hydroxylation is 1. The van der Waals surface area contributed by atoms with Crippen LogP contribution in [0.1, 0.15) is 11.3 Å². The molecule has 0 saturated carbocycles. The van der Waals surface area contributed by atoms with Crippen LogP contribution in [0.15, 0.2) is 36.8 Å². The first-order chi connectivity index (χ1) is 6.34. The Morgan fingerprint density at radius 3 is 2.92 bits per heavy atom. The second-order valence-corrected chi connectivity index (χ2v) is 3.03. The molecule has 3 heteroatoms. The number of rotatable bonds is 2. The molecule has 0 aliphatic rings. The van der Waals surface area contributed by atoms with Crippen molar-refractivity contribution >= 4 is 0 Å². The Morgan fingerprint density at radius 1 is 1.38 bits per heavy atom. The van der Waals surface area contributed by atoms with Gasteiger partial charge in [0, 0.05) is 18.6 Å². The van der Waals surface area contributed by atoms with E-state index < -0.39 is 0 Å². The lowest BCUT2D eigenvalue weighted by Gasteiger charge is -2.00. The topological polar surface area (TPSA) is 30.7 Å². The number of hydrogen-bond acceptors (Lipinski definition) is 2. The van der Waals surface area contributed by atoms with E-state index in [1.54, 1.807) is 6.20 Å². The van der Waals surface area contributed by atoms with Crippen LogP contribution in [-0.2, 0) is 6.54 Å². The summed E-state index contributed by atoms with van der Waals surface area (Å²) >= 11 is 0. The Labute approximate surface area is 77.0 Å². The first-order valence-corrected chi connectivity index (χ1v) is 4.23. The van der Waals surface area contributed by atoms with Crippen molar-refractivity contribution in [2.24, 2.45) is 0 Å². The number of aromatic nitrogens is 3. The van der Waals surface area contributed by atoms with Crippen LogP contribution in [0.2, 0.25) is 0 Å². The molecule has 0 N–H and O–H groups in total. The van der Waals surface area contributed by atoms with Crippen LogP contribution in [0.3, 0.4) is 0 Å². The first kappa shape index (κ1) is 7.98. The van der Waals surface area contributed by atoms with Gasteiger partial charge in [0.15, 0.2) is 0 Å². The molecule has 0 aromatic carbocycles. The van der Waals surface area contributed by atoms with E-state index in [0.29, 0.717) is 0 Å². The molecule has 0 saturated heterocycles. The van der Waals surface area contributed by atoms with Gasteiger partial charge >= 0.3 is 0 Å². The molecule has 0 unspecified atom stereocenters. The van der Waals surface area contributed by atoms with Crippen molar-refractivity contribution in [3.05, 3.63) is 48.0 Å². The van der Waals surface area contributed by atoms with Gasteiger partial charge in [0.05, 0.1) is 12.2 Å². The van der Waals surface area contributed by atoms with Crippen LogP contribution >= 0.6 is 0 Å². The van der Waals surface area contributed by atoms with Gasteiger partial charge in [-0.2, -0.15) is 5.10 Å².